The summed E-state index contributed by atoms with van der Waals surface area (Å²) in [6, 6.07) is 11.5. The summed E-state index contributed by atoms with van der Waals surface area (Å²) in [7, 11) is 0. The fourth-order valence-corrected chi connectivity index (χ4v) is 3.56. The van der Waals surface area contributed by atoms with Crippen LogP contribution in [0.4, 0.5) is 10.5 Å². The lowest BCUT2D eigenvalue weighted by Crippen LogP contribution is -2.54. The Hall–Kier alpha value is -3.82. The number of imide groups is 2. The SMILES string of the molecule is C#CCn1cc(/C=C2/C(=O)NC(=O)N(c3ccc(C)c(Cl)c3)C2=O)c2ccccc21. The Kier molecular flexibility index (Phi) is 4.90. The molecule has 148 valence electrons. The highest BCUT2D eigenvalue weighted by atomic mass is 35.5. The average Bonchev–Trinajstić information content (AvgIpc) is 3.06. The molecule has 1 N–H and O–H groups in total. The van der Waals surface area contributed by atoms with Gasteiger partial charge in [-0.25, -0.2) is 9.69 Å². The second-order valence-electron chi connectivity index (χ2n) is 6.82. The van der Waals surface area contributed by atoms with Crippen LogP contribution in [0.1, 0.15) is 11.1 Å². The molecule has 0 unspecified atom stereocenters. The number of halogens is 1. The van der Waals surface area contributed by atoms with E-state index in [1.807, 2.05) is 35.8 Å². The molecule has 0 radical (unpaired) electrons. The van der Waals surface area contributed by atoms with Crippen LogP contribution in [0.15, 0.2) is 54.2 Å². The minimum Gasteiger partial charge on any atom is -0.335 e. The molecule has 1 fully saturated rings. The second kappa shape index (κ2) is 7.54. The molecular weight excluding hydrogens is 402 g/mol. The maximum Gasteiger partial charge on any atom is 0.335 e. The van der Waals surface area contributed by atoms with Crippen molar-refractivity contribution in [3.63, 3.8) is 0 Å². The van der Waals surface area contributed by atoms with Gasteiger partial charge in [-0.05, 0) is 36.8 Å². The number of benzene rings is 2. The number of hydrogen-bond acceptors (Lipinski definition) is 3. The van der Waals surface area contributed by atoms with Crippen molar-refractivity contribution >= 4 is 52.1 Å². The molecular formula is C23H16ClN3O3. The molecule has 2 heterocycles. The molecule has 6 nitrogen and oxygen atoms in total. The second-order valence-corrected chi connectivity index (χ2v) is 7.23. The predicted octanol–water partition coefficient (Wildman–Crippen LogP) is 3.90. The number of anilines is 1. The van der Waals surface area contributed by atoms with Gasteiger partial charge in [-0.1, -0.05) is 41.8 Å². The van der Waals surface area contributed by atoms with Crippen LogP contribution in [0.25, 0.3) is 17.0 Å². The zero-order valence-corrected chi connectivity index (χ0v) is 16.7. The van der Waals surface area contributed by atoms with Crippen molar-refractivity contribution in [2.75, 3.05) is 4.90 Å². The number of para-hydroxylation sites is 1. The number of fused-ring (bicyclic) bond motifs is 1. The number of urea groups is 1. The number of aromatic nitrogens is 1. The van der Waals surface area contributed by atoms with E-state index in [2.05, 4.69) is 11.2 Å². The molecule has 30 heavy (non-hydrogen) atoms. The number of hydrogen-bond donors (Lipinski definition) is 1. The van der Waals surface area contributed by atoms with Crippen LogP contribution in [0.5, 0.6) is 0 Å². The zero-order valence-electron chi connectivity index (χ0n) is 16.0. The van der Waals surface area contributed by atoms with Gasteiger partial charge in [0.15, 0.2) is 0 Å². The van der Waals surface area contributed by atoms with Crippen molar-refractivity contribution in [3.05, 3.63) is 70.4 Å². The van der Waals surface area contributed by atoms with E-state index in [0.29, 0.717) is 17.1 Å². The molecule has 0 bridgehead atoms. The molecule has 7 heteroatoms. The van der Waals surface area contributed by atoms with Gasteiger partial charge in [0.25, 0.3) is 11.8 Å². The van der Waals surface area contributed by atoms with Crippen molar-refractivity contribution in [1.82, 2.24) is 9.88 Å². The fraction of sp³-hybridized carbons (Fsp3) is 0.0870. The summed E-state index contributed by atoms with van der Waals surface area (Å²) in [5.74, 6) is 1.10. The topological polar surface area (TPSA) is 71.4 Å². The Balaban J connectivity index is 1.81. The molecule has 2 aromatic carbocycles. The summed E-state index contributed by atoms with van der Waals surface area (Å²) < 4.78 is 1.86. The normalized spacial score (nSPS) is 15.6. The lowest BCUT2D eigenvalue weighted by atomic mass is 10.1. The Morgan fingerprint density at radius 2 is 1.93 bits per heavy atom. The highest BCUT2D eigenvalue weighted by Crippen LogP contribution is 2.28. The number of nitrogens with zero attached hydrogens (tertiary/aromatic N) is 2. The first-order chi connectivity index (χ1) is 14.4. The van der Waals surface area contributed by atoms with Crippen molar-refractivity contribution in [2.45, 2.75) is 13.5 Å². The number of nitrogens with one attached hydrogen (secondary N) is 1. The molecule has 1 aliphatic rings. The third-order valence-electron chi connectivity index (χ3n) is 4.90. The molecule has 0 atom stereocenters. The Labute approximate surface area is 177 Å². The molecule has 0 aliphatic carbocycles. The van der Waals surface area contributed by atoms with Crippen molar-refractivity contribution in [1.29, 1.82) is 0 Å². The first-order valence-corrected chi connectivity index (χ1v) is 9.47. The van der Waals surface area contributed by atoms with Gasteiger partial charge in [-0.15, -0.1) is 6.42 Å². The number of barbiturate groups is 1. The molecule has 4 amide bonds. The summed E-state index contributed by atoms with van der Waals surface area (Å²) in [6.45, 7) is 2.15. The van der Waals surface area contributed by atoms with Gasteiger partial charge in [0.2, 0.25) is 0 Å². The van der Waals surface area contributed by atoms with E-state index in [0.717, 1.165) is 21.4 Å². The first-order valence-electron chi connectivity index (χ1n) is 9.09. The van der Waals surface area contributed by atoms with Gasteiger partial charge in [-0.2, -0.15) is 0 Å². The van der Waals surface area contributed by atoms with E-state index >= 15 is 0 Å². The van der Waals surface area contributed by atoms with Crippen LogP contribution in [0.3, 0.4) is 0 Å². The molecule has 1 saturated heterocycles. The Morgan fingerprint density at radius 1 is 1.17 bits per heavy atom. The summed E-state index contributed by atoms with van der Waals surface area (Å²) in [5, 5.41) is 3.47. The molecule has 4 rings (SSSR count). The van der Waals surface area contributed by atoms with Crippen LogP contribution < -0.4 is 10.2 Å². The smallest absolute Gasteiger partial charge is 0.335 e. The third kappa shape index (κ3) is 3.25. The first kappa shape index (κ1) is 19.5. The highest BCUT2D eigenvalue weighted by molar-refractivity contribution is 6.39. The molecule has 1 aliphatic heterocycles. The van der Waals surface area contributed by atoms with E-state index in [4.69, 9.17) is 18.0 Å². The maximum atomic E-state index is 13.1. The number of rotatable bonds is 3. The maximum absolute atomic E-state index is 13.1. The van der Waals surface area contributed by atoms with Crippen LogP contribution in [-0.4, -0.2) is 22.4 Å². The van der Waals surface area contributed by atoms with Gasteiger partial charge in [-0.3, -0.25) is 14.9 Å². The monoisotopic (exact) mass is 417 g/mol. The standard InChI is InChI=1S/C23H16ClN3O3/c1-3-10-26-13-15(17-6-4-5-7-20(17)26)11-18-21(28)25-23(30)27(22(18)29)16-9-8-14(2)19(24)12-16/h1,4-9,11-13H,10H2,2H3,(H,25,28,30)/b18-11-. The Morgan fingerprint density at radius 3 is 2.67 bits per heavy atom. The lowest BCUT2D eigenvalue weighted by molar-refractivity contribution is -0.122. The minimum atomic E-state index is -0.822. The summed E-state index contributed by atoms with van der Waals surface area (Å²) in [5.41, 5.74) is 2.45. The van der Waals surface area contributed by atoms with E-state index < -0.39 is 17.8 Å². The van der Waals surface area contributed by atoms with E-state index in [-0.39, 0.29) is 11.3 Å². The van der Waals surface area contributed by atoms with Gasteiger partial charge in [0.05, 0.1) is 12.2 Å². The average molecular weight is 418 g/mol. The summed E-state index contributed by atoms with van der Waals surface area (Å²) in [6.07, 6.45) is 8.70. The van der Waals surface area contributed by atoms with E-state index in [1.165, 1.54) is 12.1 Å². The van der Waals surface area contributed by atoms with E-state index in [9.17, 15) is 14.4 Å². The Bertz CT molecular complexity index is 1300. The fourth-order valence-electron chi connectivity index (χ4n) is 3.39. The number of carbonyl (C=O) groups excluding carboxylic acids is 3. The zero-order chi connectivity index (χ0) is 21.4. The van der Waals surface area contributed by atoms with Crippen LogP contribution in [0, 0.1) is 19.3 Å². The minimum absolute atomic E-state index is 0.157. The molecule has 0 spiro atoms. The van der Waals surface area contributed by atoms with E-state index in [1.54, 1.807) is 18.3 Å². The number of carbonyl (C=O) groups is 3. The van der Waals surface area contributed by atoms with Crippen LogP contribution in [-0.2, 0) is 16.1 Å². The van der Waals surface area contributed by atoms with Gasteiger partial charge in [0.1, 0.15) is 5.57 Å². The predicted molar refractivity (Wildman–Crippen MR) is 116 cm³/mol. The summed E-state index contributed by atoms with van der Waals surface area (Å²) in [4.78, 5) is 38.9. The highest BCUT2D eigenvalue weighted by Gasteiger charge is 2.37. The summed E-state index contributed by atoms with van der Waals surface area (Å²) >= 11 is 6.15. The van der Waals surface area contributed by atoms with Gasteiger partial charge >= 0.3 is 6.03 Å². The molecule has 3 aromatic rings. The van der Waals surface area contributed by atoms with Crippen molar-refractivity contribution in [2.24, 2.45) is 0 Å². The van der Waals surface area contributed by atoms with Crippen molar-refractivity contribution < 1.29 is 14.4 Å². The van der Waals surface area contributed by atoms with Crippen LogP contribution in [0.2, 0.25) is 5.02 Å². The van der Waals surface area contributed by atoms with Crippen LogP contribution >= 0.6 is 11.6 Å². The lowest BCUT2D eigenvalue weighted by Gasteiger charge is -2.26. The van der Waals surface area contributed by atoms with Gasteiger partial charge in [0, 0.05) is 27.7 Å². The molecule has 1 aromatic heterocycles. The molecule has 0 saturated carbocycles. The number of aryl methyl sites for hydroxylation is 1. The largest absolute Gasteiger partial charge is 0.335 e. The third-order valence-corrected chi connectivity index (χ3v) is 5.30. The van der Waals surface area contributed by atoms with Gasteiger partial charge < -0.3 is 4.57 Å². The van der Waals surface area contributed by atoms with Crippen molar-refractivity contribution in [3.8, 4) is 12.3 Å². The number of terminal acetylenes is 1. The number of amides is 4. The quantitative estimate of drug-likeness (QED) is 0.399.